The molecule has 0 aliphatic heterocycles. The highest BCUT2D eigenvalue weighted by atomic mass is 15.0. The summed E-state index contributed by atoms with van der Waals surface area (Å²) in [5, 5.41) is 3.70. The van der Waals surface area contributed by atoms with E-state index < -0.39 is 0 Å². The van der Waals surface area contributed by atoms with Gasteiger partial charge in [-0.1, -0.05) is 51.1 Å². The lowest BCUT2D eigenvalue weighted by Gasteiger charge is -2.15. The van der Waals surface area contributed by atoms with Crippen molar-refractivity contribution in [3.05, 3.63) is 35.9 Å². The summed E-state index contributed by atoms with van der Waals surface area (Å²) in [5.74, 6) is 0.776. The zero-order valence-corrected chi connectivity index (χ0v) is 11.2. The molecule has 17 heavy (non-hydrogen) atoms. The van der Waals surface area contributed by atoms with Crippen molar-refractivity contribution < 1.29 is 0 Å². The van der Waals surface area contributed by atoms with Crippen molar-refractivity contribution in [2.75, 3.05) is 6.54 Å². The summed E-state index contributed by atoms with van der Waals surface area (Å²) in [6.45, 7) is 8.45. The highest BCUT2D eigenvalue weighted by molar-refractivity contribution is 5.39. The topological polar surface area (TPSA) is 12.0 Å². The first-order valence-corrected chi connectivity index (χ1v) is 6.86. The Morgan fingerprint density at radius 2 is 1.76 bits per heavy atom. The standard InChI is InChI=1S/C16H23N/c1-15(2)14(11-17-13-9-10-13)16(15,3)12-7-5-4-6-8-12/h4-8,13-14,17H,9-11H2,1-3H3. The molecule has 1 aromatic carbocycles. The van der Waals surface area contributed by atoms with E-state index in [1.165, 1.54) is 24.9 Å². The van der Waals surface area contributed by atoms with Crippen molar-refractivity contribution in [2.24, 2.45) is 11.3 Å². The average molecular weight is 229 g/mol. The SMILES string of the molecule is CC1(C)C(CNC2CC2)C1(C)c1ccccc1. The summed E-state index contributed by atoms with van der Waals surface area (Å²) in [6.07, 6.45) is 2.77. The van der Waals surface area contributed by atoms with Crippen LogP contribution in [0.2, 0.25) is 0 Å². The zero-order valence-electron chi connectivity index (χ0n) is 11.2. The van der Waals surface area contributed by atoms with Gasteiger partial charge in [0.25, 0.3) is 0 Å². The number of benzene rings is 1. The van der Waals surface area contributed by atoms with E-state index in [9.17, 15) is 0 Å². The van der Waals surface area contributed by atoms with Gasteiger partial charge in [-0.05, 0) is 36.3 Å². The minimum Gasteiger partial charge on any atom is -0.314 e. The van der Waals surface area contributed by atoms with E-state index in [1.54, 1.807) is 0 Å². The maximum absolute atomic E-state index is 3.70. The van der Waals surface area contributed by atoms with Gasteiger partial charge in [-0.25, -0.2) is 0 Å². The number of nitrogens with one attached hydrogen (secondary N) is 1. The van der Waals surface area contributed by atoms with Gasteiger partial charge in [0, 0.05) is 11.5 Å². The van der Waals surface area contributed by atoms with Crippen molar-refractivity contribution in [3.63, 3.8) is 0 Å². The molecule has 0 spiro atoms. The third-order valence-corrected chi connectivity index (χ3v) is 5.38. The fourth-order valence-electron chi connectivity index (χ4n) is 3.49. The molecule has 1 N–H and O–H groups in total. The van der Waals surface area contributed by atoms with E-state index in [0.29, 0.717) is 10.8 Å². The summed E-state index contributed by atoms with van der Waals surface area (Å²) >= 11 is 0. The Bertz CT molecular complexity index is 405. The predicted molar refractivity (Wildman–Crippen MR) is 72.1 cm³/mol. The second-order valence-corrected chi connectivity index (χ2v) is 6.53. The van der Waals surface area contributed by atoms with Gasteiger partial charge in [0.15, 0.2) is 0 Å². The maximum atomic E-state index is 3.70. The van der Waals surface area contributed by atoms with E-state index in [1.807, 2.05) is 0 Å². The van der Waals surface area contributed by atoms with Crippen LogP contribution in [0.15, 0.2) is 30.3 Å². The van der Waals surface area contributed by atoms with Crippen LogP contribution in [-0.2, 0) is 5.41 Å². The van der Waals surface area contributed by atoms with Crippen molar-refractivity contribution >= 4 is 0 Å². The quantitative estimate of drug-likeness (QED) is 0.835. The molecule has 0 amide bonds. The molecule has 2 fully saturated rings. The van der Waals surface area contributed by atoms with Crippen molar-refractivity contribution in [3.8, 4) is 0 Å². The van der Waals surface area contributed by atoms with Gasteiger partial charge in [-0.2, -0.15) is 0 Å². The summed E-state index contributed by atoms with van der Waals surface area (Å²) in [4.78, 5) is 0. The third kappa shape index (κ3) is 1.63. The first kappa shape index (κ1) is 11.3. The zero-order chi connectivity index (χ0) is 12.1. The first-order chi connectivity index (χ1) is 8.07. The van der Waals surface area contributed by atoms with Gasteiger partial charge in [0.05, 0.1) is 0 Å². The van der Waals surface area contributed by atoms with Crippen LogP contribution in [0.4, 0.5) is 0 Å². The molecule has 1 heteroatoms. The van der Waals surface area contributed by atoms with Crippen LogP contribution in [0.1, 0.15) is 39.2 Å². The van der Waals surface area contributed by atoms with Gasteiger partial charge < -0.3 is 5.32 Å². The second-order valence-electron chi connectivity index (χ2n) is 6.53. The van der Waals surface area contributed by atoms with E-state index in [4.69, 9.17) is 0 Å². The molecule has 1 nitrogen and oxygen atoms in total. The lowest BCUT2D eigenvalue weighted by atomic mass is 9.90. The molecular formula is C16H23N. The summed E-state index contributed by atoms with van der Waals surface area (Å²) < 4.78 is 0. The smallest absolute Gasteiger partial charge is 0.00683 e. The lowest BCUT2D eigenvalue weighted by molar-refractivity contribution is 0.506. The Morgan fingerprint density at radius 3 is 2.35 bits per heavy atom. The minimum atomic E-state index is 0.357. The Balaban J connectivity index is 1.77. The van der Waals surface area contributed by atoms with Crippen LogP contribution in [0.25, 0.3) is 0 Å². The molecule has 0 heterocycles. The molecule has 2 aliphatic carbocycles. The second kappa shape index (κ2) is 3.58. The van der Waals surface area contributed by atoms with E-state index in [2.05, 4.69) is 56.4 Å². The molecule has 0 aromatic heterocycles. The summed E-state index contributed by atoms with van der Waals surface area (Å²) in [7, 11) is 0. The highest BCUT2D eigenvalue weighted by Crippen LogP contribution is 2.68. The largest absolute Gasteiger partial charge is 0.314 e. The predicted octanol–water partition coefficient (Wildman–Crippen LogP) is 3.35. The molecule has 1 aromatic rings. The number of hydrogen-bond donors (Lipinski definition) is 1. The fraction of sp³-hybridized carbons (Fsp3) is 0.625. The molecule has 0 bridgehead atoms. The van der Waals surface area contributed by atoms with E-state index in [0.717, 1.165) is 12.0 Å². The van der Waals surface area contributed by atoms with Crippen molar-refractivity contribution in [1.82, 2.24) is 5.32 Å². The maximum Gasteiger partial charge on any atom is 0.00683 e. The van der Waals surface area contributed by atoms with Gasteiger partial charge in [-0.15, -0.1) is 0 Å². The Kier molecular flexibility index (Phi) is 2.38. The van der Waals surface area contributed by atoms with Gasteiger partial charge in [0.2, 0.25) is 0 Å². The van der Waals surface area contributed by atoms with Crippen LogP contribution < -0.4 is 5.32 Å². The molecule has 92 valence electrons. The Hall–Kier alpha value is -0.820. The van der Waals surface area contributed by atoms with Gasteiger partial charge in [-0.3, -0.25) is 0 Å². The third-order valence-electron chi connectivity index (χ3n) is 5.38. The van der Waals surface area contributed by atoms with Crippen LogP contribution in [0, 0.1) is 11.3 Å². The van der Waals surface area contributed by atoms with E-state index in [-0.39, 0.29) is 0 Å². The minimum absolute atomic E-state index is 0.357. The van der Waals surface area contributed by atoms with E-state index >= 15 is 0 Å². The molecule has 2 atom stereocenters. The Morgan fingerprint density at radius 1 is 1.12 bits per heavy atom. The molecule has 0 saturated heterocycles. The fourth-order valence-corrected chi connectivity index (χ4v) is 3.49. The summed E-state index contributed by atoms with van der Waals surface area (Å²) in [5.41, 5.74) is 2.29. The van der Waals surface area contributed by atoms with Crippen molar-refractivity contribution in [1.29, 1.82) is 0 Å². The molecule has 2 aliphatic rings. The molecule has 2 unspecified atom stereocenters. The monoisotopic (exact) mass is 229 g/mol. The molecular weight excluding hydrogens is 206 g/mol. The molecule has 3 rings (SSSR count). The average Bonchev–Trinajstić information content (AvgIpc) is 3.19. The van der Waals surface area contributed by atoms with Gasteiger partial charge >= 0.3 is 0 Å². The molecule has 2 saturated carbocycles. The Labute approximate surface area is 105 Å². The number of hydrogen-bond acceptors (Lipinski definition) is 1. The summed E-state index contributed by atoms with van der Waals surface area (Å²) in [6, 6.07) is 11.9. The first-order valence-electron chi connectivity index (χ1n) is 6.86. The van der Waals surface area contributed by atoms with Crippen LogP contribution in [-0.4, -0.2) is 12.6 Å². The lowest BCUT2D eigenvalue weighted by Crippen LogP contribution is -2.22. The van der Waals surface area contributed by atoms with Crippen molar-refractivity contribution in [2.45, 2.75) is 45.1 Å². The molecule has 0 radical (unpaired) electrons. The van der Waals surface area contributed by atoms with Crippen LogP contribution >= 0.6 is 0 Å². The van der Waals surface area contributed by atoms with Gasteiger partial charge in [0.1, 0.15) is 0 Å². The number of rotatable bonds is 4. The highest BCUT2D eigenvalue weighted by Gasteiger charge is 2.67. The van der Waals surface area contributed by atoms with Crippen LogP contribution in [0.3, 0.4) is 0 Å². The van der Waals surface area contributed by atoms with Crippen LogP contribution in [0.5, 0.6) is 0 Å². The normalized spacial score (nSPS) is 34.6.